The molecule has 3 aliphatic rings. The number of carbonyl (C=O) groups excluding carboxylic acids is 1. The first kappa shape index (κ1) is 30.4. The maximum absolute atomic E-state index is 14.9. The van der Waals surface area contributed by atoms with Gasteiger partial charge in [0.25, 0.3) is 0 Å². The number of piperazine rings is 1. The summed E-state index contributed by atoms with van der Waals surface area (Å²) in [6, 6.07) is 1.33. The number of fused-ring (bicyclic) bond motifs is 2. The summed E-state index contributed by atoms with van der Waals surface area (Å²) in [6.07, 6.45) is -10.4. The molecule has 7 nitrogen and oxygen atoms in total. The molecule has 0 aliphatic carbocycles. The van der Waals surface area contributed by atoms with Gasteiger partial charge < -0.3 is 14.9 Å². The van der Waals surface area contributed by atoms with Crippen molar-refractivity contribution in [2.75, 3.05) is 23.7 Å². The highest BCUT2D eigenvalue weighted by Gasteiger charge is 2.44. The van der Waals surface area contributed by atoms with Gasteiger partial charge in [-0.25, -0.2) is 13.6 Å². The monoisotopic (exact) mass is 646 g/mol. The van der Waals surface area contributed by atoms with Crippen LogP contribution in [0.2, 0.25) is 0 Å². The highest BCUT2D eigenvalue weighted by atomic mass is 32.2. The minimum absolute atomic E-state index is 0.0174. The molecule has 0 saturated carbocycles. The molecular weight excluding hydrogens is 624 g/mol. The lowest BCUT2D eigenvalue weighted by atomic mass is 9.88. The SMILES string of the molecule is O=C(/C=C/C(F)(F)F)N1C2CC(O)CC1CN(c1nc(=O)n3c4c(c(-c5ccc(F)cc5F)c(C(F)(F)F)cc14)SCC3)C2. The largest absolute Gasteiger partial charge is 0.417 e. The van der Waals surface area contributed by atoms with Gasteiger partial charge in [-0.2, -0.15) is 31.3 Å². The van der Waals surface area contributed by atoms with Crippen molar-refractivity contribution in [1.29, 1.82) is 0 Å². The number of aryl methyl sites for hydroxylation is 1. The third-order valence-electron chi connectivity index (χ3n) is 7.97. The Morgan fingerprint density at radius 3 is 2.34 bits per heavy atom. The molecular formula is C28H22F8N4O3S. The van der Waals surface area contributed by atoms with Crippen LogP contribution in [0, 0.1) is 11.6 Å². The molecule has 2 aromatic carbocycles. The Morgan fingerprint density at radius 1 is 1.05 bits per heavy atom. The number of aliphatic hydroxyl groups excluding tert-OH is 1. The van der Waals surface area contributed by atoms with Crippen molar-refractivity contribution in [2.24, 2.45) is 0 Å². The van der Waals surface area contributed by atoms with Gasteiger partial charge in [0.15, 0.2) is 0 Å². The molecule has 2 fully saturated rings. The van der Waals surface area contributed by atoms with Crippen molar-refractivity contribution in [3.8, 4) is 11.1 Å². The molecule has 6 rings (SSSR count). The number of benzene rings is 2. The Balaban J connectivity index is 1.52. The Hall–Kier alpha value is -3.66. The van der Waals surface area contributed by atoms with Crippen LogP contribution in [0.1, 0.15) is 18.4 Å². The van der Waals surface area contributed by atoms with Gasteiger partial charge in [0.05, 0.1) is 29.3 Å². The summed E-state index contributed by atoms with van der Waals surface area (Å²) in [5.41, 5.74) is -2.96. The van der Waals surface area contributed by atoms with E-state index in [9.17, 15) is 49.8 Å². The lowest BCUT2D eigenvalue weighted by Gasteiger charge is -2.51. The number of halogens is 8. The van der Waals surface area contributed by atoms with Gasteiger partial charge in [0.2, 0.25) is 5.91 Å². The van der Waals surface area contributed by atoms with E-state index < -0.39 is 70.5 Å². The van der Waals surface area contributed by atoms with E-state index in [1.807, 2.05) is 0 Å². The van der Waals surface area contributed by atoms with Gasteiger partial charge in [0.1, 0.15) is 17.5 Å². The van der Waals surface area contributed by atoms with E-state index in [2.05, 4.69) is 4.98 Å². The van der Waals surface area contributed by atoms with Gasteiger partial charge in [0, 0.05) is 65.0 Å². The number of anilines is 1. The molecule has 1 N–H and O–H groups in total. The molecule has 3 aliphatic heterocycles. The average molecular weight is 647 g/mol. The van der Waals surface area contributed by atoms with Gasteiger partial charge in [-0.15, -0.1) is 11.8 Å². The first-order valence-corrected chi connectivity index (χ1v) is 14.4. The van der Waals surface area contributed by atoms with E-state index >= 15 is 0 Å². The van der Waals surface area contributed by atoms with Crippen molar-refractivity contribution < 1.29 is 45.0 Å². The van der Waals surface area contributed by atoms with Crippen molar-refractivity contribution >= 4 is 34.4 Å². The van der Waals surface area contributed by atoms with Crippen LogP contribution in [0.5, 0.6) is 0 Å². The van der Waals surface area contributed by atoms with Crippen LogP contribution in [0.4, 0.5) is 40.9 Å². The highest BCUT2D eigenvalue weighted by molar-refractivity contribution is 7.99. The highest BCUT2D eigenvalue weighted by Crippen LogP contribution is 2.49. The Bertz CT molecular complexity index is 1740. The van der Waals surface area contributed by atoms with Gasteiger partial charge in [-0.1, -0.05) is 0 Å². The summed E-state index contributed by atoms with van der Waals surface area (Å²) in [5, 5.41) is 10.3. The number of hydrogen-bond acceptors (Lipinski definition) is 6. The molecule has 2 unspecified atom stereocenters. The normalized spacial score (nSPS) is 22.2. The smallest absolute Gasteiger partial charge is 0.393 e. The lowest BCUT2D eigenvalue weighted by molar-refractivity contribution is -0.138. The number of hydrogen-bond donors (Lipinski definition) is 1. The van der Waals surface area contributed by atoms with Gasteiger partial charge in [-0.3, -0.25) is 9.36 Å². The fraction of sp³-hybridized carbons (Fsp3) is 0.393. The van der Waals surface area contributed by atoms with E-state index in [4.69, 9.17) is 0 Å². The first-order chi connectivity index (χ1) is 20.6. The second kappa shape index (κ2) is 10.8. The zero-order valence-electron chi connectivity index (χ0n) is 22.4. The van der Waals surface area contributed by atoms with Crippen LogP contribution >= 0.6 is 11.8 Å². The number of allylic oxidation sites excluding steroid dienone is 1. The third-order valence-corrected chi connectivity index (χ3v) is 9.04. The Kier molecular flexibility index (Phi) is 7.42. The van der Waals surface area contributed by atoms with Gasteiger partial charge >= 0.3 is 18.0 Å². The fourth-order valence-corrected chi connectivity index (χ4v) is 7.55. The Labute approximate surface area is 247 Å². The van der Waals surface area contributed by atoms with Crippen molar-refractivity contribution in [3.63, 3.8) is 0 Å². The summed E-state index contributed by atoms with van der Waals surface area (Å²) in [5.74, 6) is -3.09. The standard InChI is InChI=1S/C28H22F8N4O3S/c29-13-1-2-17(20(30)7-13)22-19(28(34,35)36)10-18-23-24(22)44-6-5-39(23)26(43)37-25(18)38-11-14-8-16(41)9-15(12-38)40(14)21(42)3-4-27(31,32)33/h1-4,7,10,14-16,41H,5-6,8-9,11-12H2/b4-3+. The van der Waals surface area contributed by atoms with Crippen molar-refractivity contribution in [1.82, 2.24) is 14.5 Å². The zero-order chi connectivity index (χ0) is 31.7. The minimum Gasteiger partial charge on any atom is -0.393 e. The molecule has 3 aromatic rings. The minimum atomic E-state index is -5.01. The number of carbonyl (C=O) groups is 1. The van der Waals surface area contributed by atoms with E-state index in [0.717, 1.165) is 30.0 Å². The van der Waals surface area contributed by atoms with Crippen LogP contribution in [0.3, 0.4) is 0 Å². The van der Waals surface area contributed by atoms with Crippen LogP contribution in [-0.2, 0) is 17.5 Å². The quantitative estimate of drug-likeness (QED) is 0.315. The summed E-state index contributed by atoms with van der Waals surface area (Å²) in [6.45, 7) is -0.173. The maximum Gasteiger partial charge on any atom is 0.417 e. The number of aliphatic hydroxyl groups is 1. The summed E-state index contributed by atoms with van der Waals surface area (Å²) < 4.78 is 112. The third kappa shape index (κ3) is 5.42. The molecule has 1 amide bonds. The van der Waals surface area contributed by atoms with E-state index in [1.54, 1.807) is 0 Å². The molecule has 234 valence electrons. The molecule has 1 aromatic heterocycles. The van der Waals surface area contributed by atoms with Crippen LogP contribution < -0.4 is 10.6 Å². The summed E-state index contributed by atoms with van der Waals surface area (Å²) in [4.78, 5) is 32.8. The number of alkyl halides is 6. The number of piperidine rings is 1. The number of aromatic nitrogens is 2. The van der Waals surface area contributed by atoms with E-state index in [-0.39, 0.29) is 65.9 Å². The second-order valence-electron chi connectivity index (χ2n) is 10.8. The van der Waals surface area contributed by atoms with E-state index in [1.165, 1.54) is 14.4 Å². The Morgan fingerprint density at radius 2 is 1.73 bits per heavy atom. The molecule has 16 heteroatoms. The average Bonchev–Trinajstić information content (AvgIpc) is 2.92. The number of thioether (sulfide) groups is 1. The maximum atomic E-state index is 14.9. The summed E-state index contributed by atoms with van der Waals surface area (Å²) >= 11 is 0.987. The van der Waals surface area contributed by atoms with Crippen molar-refractivity contribution in [2.45, 2.75) is 54.8 Å². The predicted molar refractivity (Wildman–Crippen MR) is 144 cm³/mol. The van der Waals surface area contributed by atoms with E-state index in [0.29, 0.717) is 12.1 Å². The summed E-state index contributed by atoms with van der Waals surface area (Å²) in [7, 11) is 0. The first-order valence-electron chi connectivity index (χ1n) is 13.4. The second-order valence-corrected chi connectivity index (χ2v) is 11.9. The topological polar surface area (TPSA) is 78.7 Å². The molecule has 0 radical (unpaired) electrons. The number of amides is 1. The molecule has 2 saturated heterocycles. The number of nitrogens with zero attached hydrogens (tertiary/aromatic N) is 4. The van der Waals surface area contributed by atoms with Crippen LogP contribution in [0.25, 0.3) is 22.0 Å². The van der Waals surface area contributed by atoms with Crippen LogP contribution in [0.15, 0.2) is 46.1 Å². The molecule has 2 bridgehead atoms. The molecule has 0 spiro atoms. The fourth-order valence-electron chi connectivity index (χ4n) is 6.35. The molecule has 4 heterocycles. The molecule has 44 heavy (non-hydrogen) atoms. The predicted octanol–water partition coefficient (Wildman–Crippen LogP) is 5.13. The molecule has 2 atom stereocenters. The lowest BCUT2D eigenvalue weighted by Crippen LogP contribution is -2.65. The number of rotatable bonds is 3. The zero-order valence-corrected chi connectivity index (χ0v) is 23.2. The van der Waals surface area contributed by atoms with Crippen LogP contribution in [-0.4, -0.2) is 68.7 Å². The van der Waals surface area contributed by atoms with Gasteiger partial charge in [-0.05, 0) is 31.0 Å². The van der Waals surface area contributed by atoms with Crippen molar-refractivity contribution in [3.05, 3.63) is 64.1 Å².